The van der Waals surface area contributed by atoms with Crippen LogP contribution >= 0.6 is 0 Å². The van der Waals surface area contributed by atoms with Gasteiger partial charge in [-0.05, 0) is 12.8 Å². The van der Waals surface area contributed by atoms with Gasteiger partial charge in [0.1, 0.15) is 0 Å². The summed E-state index contributed by atoms with van der Waals surface area (Å²) in [5.74, 6) is 0.0714. The van der Waals surface area contributed by atoms with Gasteiger partial charge in [0.2, 0.25) is 5.91 Å². The van der Waals surface area contributed by atoms with Crippen LogP contribution in [-0.2, 0) is 14.3 Å². The average molecular weight is 660 g/mol. The third kappa shape index (κ3) is 37.5. The molecule has 1 amide bonds. The SMILES string of the molecule is CCCCCCCCCCCCCCCCCC(=O)NCCC[N+](C)(C)CC(=O)OCCCCCCCCCCCCCC.[Cl-]. The summed E-state index contributed by atoms with van der Waals surface area (Å²) in [6, 6.07) is 0. The summed E-state index contributed by atoms with van der Waals surface area (Å²) in [7, 11) is 4.14. The van der Waals surface area contributed by atoms with Gasteiger partial charge in [0.25, 0.3) is 0 Å². The molecule has 0 fully saturated rings. The summed E-state index contributed by atoms with van der Waals surface area (Å²) in [5, 5.41) is 3.07. The first-order valence-electron chi connectivity index (χ1n) is 19.7. The summed E-state index contributed by atoms with van der Waals surface area (Å²) in [5.41, 5.74) is 0. The van der Waals surface area contributed by atoms with Crippen molar-refractivity contribution in [3.8, 4) is 0 Å². The molecule has 0 aliphatic rings. The normalized spacial score (nSPS) is 11.4. The van der Waals surface area contributed by atoms with Crippen LogP contribution in [0.1, 0.15) is 200 Å². The lowest BCUT2D eigenvalue weighted by molar-refractivity contribution is -0.883. The lowest BCUT2D eigenvalue weighted by atomic mass is 10.0. The van der Waals surface area contributed by atoms with E-state index in [1.54, 1.807) is 0 Å². The lowest BCUT2D eigenvalue weighted by Gasteiger charge is -2.28. The number of halogens is 1. The Labute approximate surface area is 288 Å². The van der Waals surface area contributed by atoms with Gasteiger partial charge in [0.15, 0.2) is 6.54 Å². The summed E-state index contributed by atoms with van der Waals surface area (Å²) >= 11 is 0. The van der Waals surface area contributed by atoms with E-state index >= 15 is 0 Å². The predicted molar refractivity (Wildman–Crippen MR) is 191 cm³/mol. The number of carbonyl (C=O) groups is 2. The van der Waals surface area contributed by atoms with Crippen molar-refractivity contribution >= 4 is 11.9 Å². The van der Waals surface area contributed by atoms with Crippen molar-refractivity contribution in [2.45, 2.75) is 200 Å². The van der Waals surface area contributed by atoms with Crippen molar-refractivity contribution < 1.29 is 31.2 Å². The molecule has 0 aliphatic carbocycles. The number of amides is 1. The second kappa shape index (κ2) is 36.0. The number of carbonyl (C=O) groups excluding carboxylic acids is 2. The molecule has 0 atom stereocenters. The van der Waals surface area contributed by atoms with Crippen LogP contribution in [0.2, 0.25) is 0 Å². The maximum atomic E-state index is 12.3. The third-order valence-electron chi connectivity index (χ3n) is 9.09. The van der Waals surface area contributed by atoms with E-state index in [4.69, 9.17) is 4.74 Å². The number of hydrogen-bond acceptors (Lipinski definition) is 3. The van der Waals surface area contributed by atoms with Crippen molar-refractivity contribution in [2.24, 2.45) is 0 Å². The molecule has 270 valence electrons. The highest BCUT2D eigenvalue weighted by Gasteiger charge is 2.20. The number of nitrogens with zero attached hydrogens (tertiary/aromatic N) is 1. The number of likely N-dealkylation sites (N-methyl/N-ethyl adjacent to an activating group) is 1. The van der Waals surface area contributed by atoms with Gasteiger partial charge in [0.05, 0.1) is 27.2 Å². The van der Waals surface area contributed by atoms with Crippen molar-refractivity contribution in [1.29, 1.82) is 0 Å². The van der Waals surface area contributed by atoms with Crippen LogP contribution in [-0.4, -0.2) is 56.7 Å². The lowest BCUT2D eigenvalue weighted by Crippen LogP contribution is -3.00. The highest BCUT2D eigenvalue weighted by Crippen LogP contribution is 2.14. The first kappa shape index (κ1) is 46.3. The Kier molecular flexibility index (Phi) is 37.1. The zero-order valence-electron chi connectivity index (χ0n) is 30.9. The van der Waals surface area contributed by atoms with E-state index in [2.05, 4.69) is 33.3 Å². The van der Waals surface area contributed by atoms with Gasteiger partial charge in [0, 0.05) is 19.4 Å². The van der Waals surface area contributed by atoms with Gasteiger partial charge in [-0.2, -0.15) is 0 Å². The molecule has 0 heterocycles. The summed E-state index contributed by atoms with van der Waals surface area (Å²) < 4.78 is 6.11. The summed E-state index contributed by atoms with van der Waals surface area (Å²) in [6.07, 6.45) is 37.4. The second-order valence-corrected chi connectivity index (χ2v) is 14.3. The fourth-order valence-electron chi connectivity index (χ4n) is 6.08. The molecule has 0 rings (SSSR count). The number of quaternary nitrogens is 1. The fraction of sp³-hybridized carbons (Fsp3) is 0.949. The van der Waals surface area contributed by atoms with Crippen LogP contribution in [0.5, 0.6) is 0 Å². The van der Waals surface area contributed by atoms with Gasteiger partial charge in [-0.3, -0.25) is 4.79 Å². The molecule has 0 radical (unpaired) electrons. The van der Waals surface area contributed by atoms with Gasteiger partial charge >= 0.3 is 5.97 Å². The zero-order valence-corrected chi connectivity index (χ0v) is 31.6. The maximum Gasteiger partial charge on any atom is 0.361 e. The molecule has 0 saturated carbocycles. The highest BCUT2D eigenvalue weighted by molar-refractivity contribution is 5.75. The van der Waals surface area contributed by atoms with E-state index in [0.29, 0.717) is 30.6 Å². The summed E-state index contributed by atoms with van der Waals surface area (Å²) in [4.78, 5) is 24.5. The van der Waals surface area contributed by atoms with Crippen LogP contribution < -0.4 is 17.7 Å². The number of unbranched alkanes of at least 4 members (excludes halogenated alkanes) is 25. The zero-order chi connectivity index (χ0) is 32.4. The van der Waals surface area contributed by atoms with E-state index in [-0.39, 0.29) is 24.3 Å². The van der Waals surface area contributed by atoms with E-state index < -0.39 is 0 Å². The van der Waals surface area contributed by atoms with E-state index in [0.717, 1.165) is 38.6 Å². The Morgan fingerprint density at radius 2 is 0.867 bits per heavy atom. The summed E-state index contributed by atoms with van der Waals surface area (Å²) in [6.45, 7) is 7.04. The minimum atomic E-state index is -0.102. The highest BCUT2D eigenvalue weighted by atomic mass is 35.5. The first-order chi connectivity index (χ1) is 21.4. The number of hydrogen-bond donors (Lipinski definition) is 1. The smallest absolute Gasteiger partial charge is 0.361 e. The molecule has 0 unspecified atom stereocenters. The van der Waals surface area contributed by atoms with Gasteiger partial charge < -0.3 is 26.9 Å². The van der Waals surface area contributed by atoms with Crippen molar-refractivity contribution in [3.63, 3.8) is 0 Å². The molecule has 0 aromatic heterocycles. The molecule has 5 nitrogen and oxygen atoms in total. The standard InChI is InChI=1S/C39H78N2O3.ClH/c1-5-7-9-11-13-15-17-19-20-21-22-24-26-28-30-33-38(42)40-34-32-35-41(3,4)37-39(43)44-36-31-29-27-25-23-18-16-14-12-10-8-6-2;/h5-37H2,1-4H3;1H. The molecule has 0 spiro atoms. The topological polar surface area (TPSA) is 55.4 Å². The Bertz CT molecular complexity index is 629. The van der Waals surface area contributed by atoms with Crippen LogP contribution in [0.15, 0.2) is 0 Å². The Morgan fingerprint density at radius 1 is 0.511 bits per heavy atom. The number of esters is 1. The van der Waals surface area contributed by atoms with Crippen LogP contribution in [0.4, 0.5) is 0 Å². The third-order valence-corrected chi connectivity index (χ3v) is 9.09. The van der Waals surface area contributed by atoms with E-state index in [1.165, 1.54) is 148 Å². The van der Waals surface area contributed by atoms with E-state index in [9.17, 15) is 9.59 Å². The van der Waals surface area contributed by atoms with Crippen molar-refractivity contribution in [3.05, 3.63) is 0 Å². The molecule has 45 heavy (non-hydrogen) atoms. The number of nitrogens with one attached hydrogen (secondary N) is 1. The Balaban J connectivity index is 0. The molecular weight excluding hydrogens is 580 g/mol. The molecule has 0 bridgehead atoms. The largest absolute Gasteiger partial charge is 1.00 e. The molecule has 0 saturated heterocycles. The average Bonchev–Trinajstić information content (AvgIpc) is 2.99. The molecule has 0 aliphatic heterocycles. The minimum absolute atomic E-state index is 0. The second-order valence-electron chi connectivity index (χ2n) is 14.3. The maximum absolute atomic E-state index is 12.3. The fourth-order valence-corrected chi connectivity index (χ4v) is 6.08. The van der Waals surface area contributed by atoms with Crippen molar-refractivity contribution in [1.82, 2.24) is 5.32 Å². The van der Waals surface area contributed by atoms with Crippen molar-refractivity contribution in [2.75, 3.05) is 40.3 Å². The van der Waals surface area contributed by atoms with Gasteiger partial charge in [-0.1, -0.05) is 174 Å². The van der Waals surface area contributed by atoms with E-state index in [1.807, 2.05) is 0 Å². The Morgan fingerprint density at radius 3 is 1.27 bits per heavy atom. The number of ether oxygens (including phenoxy) is 1. The quantitative estimate of drug-likeness (QED) is 0.0426. The molecular formula is C39H79ClN2O3. The Hall–Kier alpha value is -0.810. The molecule has 0 aromatic carbocycles. The van der Waals surface area contributed by atoms with Gasteiger partial charge in [-0.15, -0.1) is 0 Å². The van der Waals surface area contributed by atoms with Gasteiger partial charge in [-0.25, -0.2) is 4.79 Å². The molecule has 0 aromatic rings. The molecule has 1 N–H and O–H groups in total. The number of rotatable bonds is 35. The monoisotopic (exact) mass is 659 g/mol. The van der Waals surface area contributed by atoms with Crippen LogP contribution in [0.3, 0.4) is 0 Å². The van der Waals surface area contributed by atoms with Crippen LogP contribution in [0, 0.1) is 0 Å². The predicted octanol–water partition coefficient (Wildman–Crippen LogP) is 8.08. The van der Waals surface area contributed by atoms with Crippen LogP contribution in [0.25, 0.3) is 0 Å². The minimum Gasteiger partial charge on any atom is -1.00 e. The first-order valence-corrected chi connectivity index (χ1v) is 19.7. The molecule has 6 heteroatoms.